The van der Waals surface area contributed by atoms with Crippen LogP contribution in [-0.4, -0.2) is 58.8 Å². The highest BCUT2D eigenvalue weighted by Gasteiger charge is 2.41. The molecule has 0 unspecified atom stereocenters. The monoisotopic (exact) mass is 627 g/mol. The summed E-state index contributed by atoms with van der Waals surface area (Å²) in [4.78, 5) is 48.4. The van der Waals surface area contributed by atoms with Crippen LogP contribution in [0.5, 0.6) is 0 Å². The molecule has 0 spiro atoms. The zero-order valence-corrected chi connectivity index (χ0v) is 27.5. The van der Waals surface area contributed by atoms with Gasteiger partial charge in [-0.1, -0.05) is 30.3 Å². The second-order valence-corrected chi connectivity index (χ2v) is 13.5. The Balaban J connectivity index is 1.29. The molecule has 3 aromatic rings. The van der Waals surface area contributed by atoms with Crippen molar-refractivity contribution in [3.8, 4) is 22.4 Å². The van der Waals surface area contributed by atoms with Crippen LogP contribution in [0.4, 0.5) is 15.4 Å². The zero-order chi connectivity index (χ0) is 32.9. The number of anilines is 1. The lowest BCUT2D eigenvalue weighted by molar-refractivity contribution is -0.117. The SMILES string of the molecule is COC(=O)N(C)C1CCC(CC(=O)Nc2cc(-c3ccccn3)c(-c3ccc(C4(NC(=O)OC(C)(C)C)CCC4)cc3)cn2)CC1. The normalized spacial score (nSPS) is 18.9. The third-order valence-electron chi connectivity index (χ3n) is 9.11. The van der Waals surface area contributed by atoms with Crippen LogP contribution in [0.25, 0.3) is 22.4 Å². The van der Waals surface area contributed by atoms with E-state index in [-0.39, 0.29) is 24.0 Å². The first-order valence-electron chi connectivity index (χ1n) is 16.1. The maximum absolute atomic E-state index is 13.1. The van der Waals surface area contributed by atoms with E-state index in [0.717, 1.165) is 72.9 Å². The third kappa shape index (κ3) is 7.84. The summed E-state index contributed by atoms with van der Waals surface area (Å²) in [6.07, 6.45) is 9.36. The van der Waals surface area contributed by atoms with Crippen LogP contribution >= 0.6 is 0 Å². The maximum Gasteiger partial charge on any atom is 0.409 e. The molecule has 0 saturated heterocycles. The highest BCUT2D eigenvalue weighted by Crippen LogP contribution is 2.42. The van der Waals surface area contributed by atoms with Gasteiger partial charge in [-0.25, -0.2) is 14.6 Å². The molecule has 2 fully saturated rings. The van der Waals surface area contributed by atoms with E-state index in [4.69, 9.17) is 9.47 Å². The molecular formula is C36H45N5O5. The number of pyridine rings is 2. The quantitative estimate of drug-likeness (QED) is 0.269. The number of aromatic nitrogens is 2. The summed E-state index contributed by atoms with van der Waals surface area (Å²) in [7, 11) is 3.16. The Morgan fingerprint density at radius 3 is 2.28 bits per heavy atom. The zero-order valence-electron chi connectivity index (χ0n) is 27.5. The minimum absolute atomic E-state index is 0.0790. The van der Waals surface area contributed by atoms with E-state index in [9.17, 15) is 14.4 Å². The number of methoxy groups -OCH3 is 1. The number of carbonyl (C=O) groups is 3. The molecule has 0 bridgehead atoms. The smallest absolute Gasteiger partial charge is 0.409 e. The average Bonchev–Trinajstić information content (AvgIpc) is 3.02. The highest BCUT2D eigenvalue weighted by atomic mass is 16.6. The summed E-state index contributed by atoms with van der Waals surface area (Å²) < 4.78 is 10.4. The van der Waals surface area contributed by atoms with Crippen molar-refractivity contribution in [2.75, 3.05) is 19.5 Å². The summed E-state index contributed by atoms with van der Waals surface area (Å²) >= 11 is 0. The molecule has 2 aromatic heterocycles. The number of carbonyl (C=O) groups excluding carboxylic acids is 3. The van der Waals surface area contributed by atoms with Crippen LogP contribution in [0.3, 0.4) is 0 Å². The first-order valence-corrected chi connectivity index (χ1v) is 16.1. The molecule has 2 aliphatic rings. The van der Waals surface area contributed by atoms with Crippen molar-refractivity contribution in [1.29, 1.82) is 0 Å². The number of benzene rings is 1. The molecule has 1 aromatic carbocycles. The van der Waals surface area contributed by atoms with Crippen molar-refractivity contribution in [3.05, 3.63) is 66.5 Å². The van der Waals surface area contributed by atoms with Crippen molar-refractivity contribution in [2.45, 2.75) is 89.3 Å². The van der Waals surface area contributed by atoms with E-state index in [0.29, 0.717) is 12.2 Å². The summed E-state index contributed by atoms with van der Waals surface area (Å²) in [5.74, 6) is 0.642. The lowest BCUT2D eigenvalue weighted by Gasteiger charge is -2.43. The van der Waals surface area contributed by atoms with Gasteiger partial charge in [0, 0.05) is 43.0 Å². The van der Waals surface area contributed by atoms with E-state index in [2.05, 4.69) is 32.7 Å². The minimum atomic E-state index is -0.566. The van der Waals surface area contributed by atoms with Gasteiger partial charge < -0.3 is 25.0 Å². The van der Waals surface area contributed by atoms with Crippen molar-refractivity contribution in [2.24, 2.45) is 5.92 Å². The molecule has 10 nitrogen and oxygen atoms in total. The van der Waals surface area contributed by atoms with Crippen LogP contribution in [0.1, 0.15) is 77.7 Å². The van der Waals surface area contributed by atoms with Crippen LogP contribution < -0.4 is 10.6 Å². The number of rotatable bonds is 8. The Kier molecular flexibility index (Phi) is 9.94. The minimum Gasteiger partial charge on any atom is -0.453 e. The third-order valence-corrected chi connectivity index (χ3v) is 9.11. The molecule has 2 aliphatic carbocycles. The molecule has 244 valence electrons. The lowest BCUT2D eigenvalue weighted by atomic mass is 9.71. The molecule has 2 saturated carbocycles. The fraction of sp³-hybridized carbons (Fsp3) is 0.472. The maximum atomic E-state index is 13.1. The number of nitrogens with zero attached hydrogens (tertiary/aromatic N) is 3. The summed E-state index contributed by atoms with van der Waals surface area (Å²) in [5, 5.41) is 6.13. The fourth-order valence-corrected chi connectivity index (χ4v) is 6.46. The summed E-state index contributed by atoms with van der Waals surface area (Å²) in [6.45, 7) is 5.58. The predicted octanol–water partition coefficient (Wildman–Crippen LogP) is 7.30. The van der Waals surface area contributed by atoms with Gasteiger partial charge in [-0.2, -0.15) is 0 Å². The van der Waals surface area contributed by atoms with Gasteiger partial charge in [0.05, 0.1) is 18.3 Å². The first kappa shape index (κ1) is 32.9. The first-order chi connectivity index (χ1) is 22.0. The van der Waals surface area contributed by atoms with E-state index >= 15 is 0 Å². The second-order valence-electron chi connectivity index (χ2n) is 13.5. The number of hydrogen-bond donors (Lipinski definition) is 2. The lowest BCUT2D eigenvalue weighted by Crippen LogP contribution is -2.52. The second kappa shape index (κ2) is 13.9. The molecule has 46 heavy (non-hydrogen) atoms. The summed E-state index contributed by atoms with van der Waals surface area (Å²) in [5.41, 5.74) is 3.51. The largest absolute Gasteiger partial charge is 0.453 e. The van der Waals surface area contributed by atoms with E-state index in [1.165, 1.54) is 7.11 Å². The van der Waals surface area contributed by atoms with Crippen molar-refractivity contribution >= 4 is 23.9 Å². The fourth-order valence-electron chi connectivity index (χ4n) is 6.46. The van der Waals surface area contributed by atoms with Crippen molar-refractivity contribution in [1.82, 2.24) is 20.2 Å². The number of nitrogens with one attached hydrogen (secondary N) is 2. The molecule has 0 atom stereocenters. The predicted molar refractivity (Wildman–Crippen MR) is 177 cm³/mol. The molecule has 5 rings (SSSR count). The Labute approximate surface area is 271 Å². The van der Waals surface area contributed by atoms with Crippen molar-refractivity contribution < 1.29 is 23.9 Å². The van der Waals surface area contributed by atoms with Gasteiger partial charge >= 0.3 is 12.2 Å². The van der Waals surface area contributed by atoms with Crippen LogP contribution in [0.2, 0.25) is 0 Å². The van der Waals surface area contributed by atoms with Gasteiger partial charge in [-0.05, 0) is 101 Å². The van der Waals surface area contributed by atoms with Crippen LogP contribution in [0, 0.1) is 5.92 Å². The Morgan fingerprint density at radius 1 is 0.978 bits per heavy atom. The average molecular weight is 628 g/mol. The number of amides is 3. The van der Waals surface area contributed by atoms with Gasteiger partial charge in [0.1, 0.15) is 11.4 Å². The molecule has 2 N–H and O–H groups in total. The number of alkyl carbamates (subject to hydrolysis) is 1. The van der Waals surface area contributed by atoms with E-state index < -0.39 is 17.2 Å². The number of ether oxygens (including phenoxy) is 2. The van der Waals surface area contributed by atoms with E-state index in [1.54, 1.807) is 24.3 Å². The Morgan fingerprint density at radius 2 is 1.70 bits per heavy atom. The van der Waals surface area contributed by atoms with Gasteiger partial charge in [0.25, 0.3) is 0 Å². The van der Waals surface area contributed by atoms with Gasteiger partial charge in [0.15, 0.2) is 0 Å². The summed E-state index contributed by atoms with van der Waals surface area (Å²) in [6, 6.07) is 16.0. The molecular weight excluding hydrogens is 582 g/mol. The molecule has 0 aliphatic heterocycles. The number of hydrogen-bond acceptors (Lipinski definition) is 7. The van der Waals surface area contributed by atoms with Crippen molar-refractivity contribution in [3.63, 3.8) is 0 Å². The Hall–Kier alpha value is -4.47. The van der Waals surface area contributed by atoms with Gasteiger partial charge in [-0.3, -0.25) is 9.78 Å². The molecule has 10 heteroatoms. The molecule has 3 amide bonds. The van der Waals surface area contributed by atoms with Gasteiger partial charge in [0.2, 0.25) is 5.91 Å². The molecule has 2 heterocycles. The topological polar surface area (TPSA) is 123 Å². The van der Waals surface area contributed by atoms with Crippen LogP contribution in [0.15, 0.2) is 60.9 Å². The standard InChI is InChI=1S/C36H45N5O5/c1-35(2,3)46-33(43)40-36(18-8-19-36)26-14-12-25(13-15-26)29-23-38-31(22-28(29)30-9-6-7-20-37-30)39-32(42)21-24-10-16-27(17-11-24)41(4)34(44)45-5/h6-7,9,12-15,20,22-24,27H,8,10-11,16-19,21H2,1-5H3,(H,40,43)(H,38,39,42). The van der Waals surface area contributed by atoms with E-state index in [1.807, 2.05) is 57.2 Å². The Bertz CT molecular complexity index is 1520. The molecule has 0 radical (unpaired) electrons. The van der Waals surface area contributed by atoms with Gasteiger partial charge in [-0.15, -0.1) is 0 Å². The van der Waals surface area contributed by atoms with Crippen LogP contribution in [-0.2, 0) is 19.8 Å². The highest BCUT2D eigenvalue weighted by molar-refractivity contribution is 5.92.